The Morgan fingerprint density at radius 1 is 1.38 bits per heavy atom. The van der Waals surface area contributed by atoms with Crippen molar-refractivity contribution in [2.24, 2.45) is 0 Å². The second-order valence-corrected chi connectivity index (χ2v) is 3.56. The van der Waals surface area contributed by atoms with Gasteiger partial charge in [0.05, 0.1) is 0 Å². The van der Waals surface area contributed by atoms with Crippen LogP contribution in [0.2, 0.25) is 0 Å². The first-order valence-electron chi connectivity index (χ1n) is 3.94. The van der Waals surface area contributed by atoms with Crippen LogP contribution in [0.15, 0.2) is 35.5 Å². The third-order valence-corrected chi connectivity index (χ3v) is 2.23. The quantitative estimate of drug-likeness (QED) is 0.654. The van der Waals surface area contributed by atoms with Gasteiger partial charge < -0.3 is 5.11 Å². The Balaban J connectivity index is 2.98. The lowest BCUT2D eigenvalue weighted by molar-refractivity contribution is -0.121. The molecule has 0 fully saturated rings. The van der Waals surface area contributed by atoms with Crippen molar-refractivity contribution in [1.29, 1.82) is 0 Å². The Morgan fingerprint density at radius 2 is 1.85 bits per heavy atom. The van der Waals surface area contributed by atoms with Crippen LogP contribution in [-0.4, -0.2) is 16.0 Å². The van der Waals surface area contributed by atoms with Gasteiger partial charge in [0.1, 0.15) is 0 Å². The van der Waals surface area contributed by atoms with E-state index in [0.717, 1.165) is 11.1 Å². The summed E-state index contributed by atoms with van der Waals surface area (Å²) in [6, 6.07) is 0. The third-order valence-electron chi connectivity index (χ3n) is 1.93. The minimum absolute atomic E-state index is 0.784. The van der Waals surface area contributed by atoms with E-state index in [-0.39, 0.29) is 0 Å². The molecule has 0 aromatic carbocycles. The summed E-state index contributed by atoms with van der Waals surface area (Å²) in [7, 11) is 0. The van der Waals surface area contributed by atoms with E-state index < -0.39 is 10.8 Å². The van der Waals surface area contributed by atoms with E-state index in [1.807, 2.05) is 13.8 Å². The van der Waals surface area contributed by atoms with E-state index in [4.69, 9.17) is 11.6 Å². The van der Waals surface area contributed by atoms with E-state index in [2.05, 4.69) is 0 Å². The zero-order valence-corrected chi connectivity index (χ0v) is 8.30. The van der Waals surface area contributed by atoms with Crippen LogP contribution in [0.4, 0.5) is 0 Å². The molecule has 0 aromatic heterocycles. The van der Waals surface area contributed by atoms with Gasteiger partial charge >= 0.3 is 0 Å². The SMILES string of the molecule is CC(C)=C1C=CC(O)(C(=O)Cl)C=C1. The highest BCUT2D eigenvalue weighted by molar-refractivity contribution is 6.66. The molecule has 0 aromatic rings. The maximum Gasteiger partial charge on any atom is 0.261 e. The molecule has 2 nitrogen and oxygen atoms in total. The number of hydrogen-bond donors (Lipinski definition) is 1. The van der Waals surface area contributed by atoms with Crippen molar-refractivity contribution in [2.75, 3.05) is 0 Å². The summed E-state index contributed by atoms with van der Waals surface area (Å²) < 4.78 is 0. The molecule has 0 bridgehead atoms. The molecule has 0 unspecified atom stereocenters. The first kappa shape index (κ1) is 10.2. The van der Waals surface area contributed by atoms with Gasteiger partial charge in [0.2, 0.25) is 0 Å². The van der Waals surface area contributed by atoms with Crippen LogP contribution < -0.4 is 0 Å². The van der Waals surface area contributed by atoms with Crippen LogP contribution in [0.1, 0.15) is 13.8 Å². The molecule has 1 N–H and O–H groups in total. The van der Waals surface area contributed by atoms with Crippen molar-refractivity contribution in [3.05, 3.63) is 35.5 Å². The van der Waals surface area contributed by atoms with Crippen molar-refractivity contribution in [3.8, 4) is 0 Å². The Hall–Kier alpha value is -0.860. The van der Waals surface area contributed by atoms with Crippen LogP contribution in [0.3, 0.4) is 0 Å². The molecule has 0 aliphatic heterocycles. The van der Waals surface area contributed by atoms with Gasteiger partial charge in [0, 0.05) is 0 Å². The molecule has 1 aliphatic rings. The molecule has 0 heterocycles. The molecular weight excluding hydrogens is 188 g/mol. The molecule has 1 rings (SSSR count). The van der Waals surface area contributed by atoms with Gasteiger partial charge in [0.25, 0.3) is 5.24 Å². The molecule has 1 aliphatic carbocycles. The first-order chi connectivity index (χ1) is 5.96. The van der Waals surface area contributed by atoms with Gasteiger partial charge in [-0.15, -0.1) is 0 Å². The van der Waals surface area contributed by atoms with Crippen molar-refractivity contribution >= 4 is 16.8 Å². The predicted molar refractivity (Wildman–Crippen MR) is 52.5 cm³/mol. The Bertz CT molecular complexity index is 304. The number of rotatable bonds is 1. The molecule has 0 radical (unpaired) electrons. The number of carbonyl (C=O) groups is 1. The van der Waals surface area contributed by atoms with Gasteiger partial charge in [-0.3, -0.25) is 4.79 Å². The largest absolute Gasteiger partial charge is 0.373 e. The van der Waals surface area contributed by atoms with Crippen LogP contribution in [0.5, 0.6) is 0 Å². The molecule has 0 spiro atoms. The molecule has 70 valence electrons. The minimum Gasteiger partial charge on any atom is -0.373 e. The van der Waals surface area contributed by atoms with Gasteiger partial charge in [-0.1, -0.05) is 17.7 Å². The van der Waals surface area contributed by atoms with E-state index in [9.17, 15) is 9.90 Å². The topological polar surface area (TPSA) is 37.3 Å². The van der Waals surface area contributed by atoms with Crippen molar-refractivity contribution in [2.45, 2.75) is 19.4 Å². The van der Waals surface area contributed by atoms with Crippen molar-refractivity contribution in [1.82, 2.24) is 0 Å². The third kappa shape index (κ3) is 2.08. The minimum atomic E-state index is -1.62. The van der Waals surface area contributed by atoms with Gasteiger partial charge in [-0.25, -0.2) is 0 Å². The number of hydrogen-bond acceptors (Lipinski definition) is 2. The fraction of sp³-hybridized carbons (Fsp3) is 0.300. The molecule has 0 saturated heterocycles. The zero-order valence-electron chi connectivity index (χ0n) is 7.54. The average molecular weight is 199 g/mol. The average Bonchev–Trinajstić information content (AvgIpc) is 2.04. The standard InChI is InChI=1S/C10H11ClO2/c1-7(2)8-3-5-10(13,6-4-8)9(11)12/h3-6,13H,1-2H3. The summed E-state index contributed by atoms with van der Waals surface area (Å²) in [5.74, 6) is 0. The first-order valence-corrected chi connectivity index (χ1v) is 4.32. The summed E-state index contributed by atoms with van der Waals surface area (Å²) in [6.45, 7) is 3.91. The van der Waals surface area contributed by atoms with Crippen molar-refractivity contribution in [3.63, 3.8) is 0 Å². The van der Waals surface area contributed by atoms with Crippen LogP contribution in [0, 0.1) is 0 Å². The molecule has 0 saturated carbocycles. The summed E-state index contributed by atoms with van der Waals surface area (Å²) in [5.41, 5.74) is 0.486. The molecule has 13 heavy (non-hydrogen) atoms. The maximum atomic E-state index is 10.8. The normalized spacial score (nSPS) is 26.3. The van der Waals surface area contributed by atoms with Gasteiger partial charge in [-0.2, -0.15) is 0 Å². The molecule has 3 heteroatoms. The predicted octanol–water partition coefficient (Wildman–Crippen LogP) is 1.95. The van der Waals surface area contributed by atoms with Crippen LogP contribution in [0.25, 0.3) is 0 Å². The Morgan fingerprint density at radius 3 is 2.15 bits per heavy atom. The highest BCUT2D eigenvalue weighted by atomic mass is 35.5. The van der Waals surface area contributed by atoms with Crippen LogP contribution in [-0.2, 0) is 4.79 Å². The summed E-state index contributed by atoms with van der Waals surface area (Å²) >= 11 is 5.22. The molecular formula is C10H11ClO2. The summed E-state index contributed by atoms with van der Waals surface area (Å²) in [6.07, 6.45) is 6.17. The fourth-order valence-corrected chi connectivity index (χ4v) is 1.14. The lowest BCUT2D eigenvalue weighted by Crippen LogP contribution is -2.31. The van der Waals surface area contributed by atoms with E-state index in [1.165, 1.54) is 12.2 Å². The number of aliphatic hydroxyl groups is 1. The Labute approximate surface area is 82.2 Å². The lowest BCUT2D eigenvalue weighted by atomic mass is 9.95. The van der Waals surface area contributed by atoms with E-state index >= 15 is 0 Å². The molecule has 0 atom stereocenters. The van der Waals surface area contributed by atoms with E-state index in [0.29, 0.717) is 0 Å². The second kappa shape index (κ2) is 3.48. The lowest BCUT2D eigenvalue weighted by Gasteiger charge is -2.18. The Kier molecular flexibility index (Phi) is 2.74. The monoisotopic (exact) mass is 198 g/mol. The second-order valence-electron chi connectivity index (χ2n) is 3.22. The summed E-state index contributed by atoms with van der Waals surface area (Å²) in [4.78, 5) is 10.8. The zero-order chi connectivity index (χ0) is 10.1. The summed E-state index contributed by atoms with van der Waals surface area (Å²) in [5, 5.41) is 8.79. The van der Waals surface area contributed by atoms with Crippen molar-refractivity contribution < 1.29 is 9.90 Å². The fourth-order valence-electron chi connectivity index (χ4n) is 1.01. The smallest absolute Gasteiger partial charge is 0.261 e. The van der Waals surface area contributed by atoms with Crippen LogP contribution >= 0.6 is 11.6 Å². The highest BCUT2D eigenvalue weighted by Crippen LogP contribution is 2.22. The van der Waals surface area contributed by atoms with E-state index in [1.54, 1.807) is 12.2 Å². The number of halogens is 1. The number of carbonyl (C=O) groups excluding carboxylic acids is 1. The maximum absolute atomic E-state index is 10.8. The highest BCUT2D eigenvalue weighted by Gasteiger charge is 2.29. The molecule has 0 amide bonds. The number of allylic oxidation sites excluding steroid dienone is 4. The van der Waals surface area contributed by atoms with Gasteiger partial charge in [-0.05, 0) is 43.2 Å². The van der Waals surface area contributed by atoms with Gasteiger partial charge in [0.15, 0.2) is 5.60 Å².